The van der Waals surface area contributed by atoms with Crippen LogP contribution in [0, 0.1) is 22.4 Å². The number of nitrogen functional groups attached to an aromatic ring is 1. The van der Waals surface area contributed by atoms with Crippen molar-refractivity contribution < 1.29 is 14.4 Å². The lowest BCUT2D eigenvalue weighted by Gasteiger charge is -2.09. The van der Waals surface area contributed by atoms with Crippen LogP contribution in [0.1, 0.15) is 17.5 Å². The van der Waals surface area contributed by atoms with Gasteiger partial charge in [-0.15, -0.1) is 0 Å². The molecule has 0 aromatic heterocycles. The number of nitrogens with zero attached hydrogens (tertiary/aromatic N) is 1. The third-order valence-corrected chi connectivity index (χ3v) is 3.35. The molecule has 0 amide bonds. The molecule has 0 aliphatic rings. The predicted octanol–water partition coefficient (Wildman–Crippen LogP) is 3.04. The van der Waals surface area contributed by atoms with Crippen molar-refractivity contribution in [3.8, 4) is 11.5 Å². The highest BCUT2D eigenvalue weighted by Crippen LogP contribution is 2.23. The zero-order valence-electron chi connectivity index (χ0n) is 13.3. The molecule has 0 unspecified atom stereocenters. The fraction of sp³-hybridized carbons (Fsp3) is 0.235. The molecule has 7 heteroatoms. The maximum absolute atomic E-state index is 10.9. The van der Waals surface area contributed by atoms with E-state index in [-0.39, 0.29) is 11.5 Å². The van der Waals surface area contributed by atoms with E-state index >= 15 is 0 Å². The Labute approximate surface area is 139 Å². The first-order chi connectivity index (χ1) is 11.5. The quantitative estimate of drug-likeness (QED) is 0.254. The van der Waals surface area contributed by atoms with Gasteiger partial charge in [-0.3, -0.25) is 15.5 Å². The van der Waals surface area contributed by atoms with E-state index in [0.29, 0.717) is 42.3 Å². The molecule has 2 rings (SSSR count). The molecular formula is C17H19N3O4. The minimum absolute atomic E-state index is 0.00949. The van der Waals surface area contributed by atoms with Crippen molar-refractivity contribution >= 4 is 11.5 Å². The highest BCUT2D eigenvalue weighted by Gasteiger charge is 2.11. The van der Waals surface area contributed by atoms with E-state index in [1.54, 1.807) is 43.3 Å². The van der Waals surface area contributed by atoms with Crippen LogP contribution >= 0.6 is 0 Å². The third kappa shape index (κ3) is 4.70. The first-order valence-electron chi connectivity index (χ1n) is 7.42. The van der Waals surface area contributed by atoms with Crippen LogP contribution in [0.15, 0.2) is 42.5 Å². The molecule has 0 atom stereocenters. The summed E-state index contributed by atoms with van der Waals surface area (Å²) in [6.45, 7) is 2.49. The summed E-state index contributed by atoms with van der Waals surface area (Å²) in [5.41, 5.74) is 6.68. The number of nitrogens with two attached hydrogens (primary N) is 1. The minimum atomic E-state index is -0.423. The Morgan fingerprint density at radius 3 is 2.46 bits per heavy atom. The second-order valence-corrected chi connectivity index (χ2v) is 5.20. The molecule has 0 aliphatic carbocycles. The van der Waals surface area contributed by atoms with Crippen molar-refractivity contribution in [1.29, 1.82) is 5.41 Å². The van der Waals surface area contributed by atoms with Crippen LogP contribution in [-0.2, 0) is 0 Å². The number of nitrogens with one attached hydrogen (secondary N) is 1. The lowest BCUT2D eigenvalue weighted by molar-refractivity contribution is -0.385. The van der Waals surface area contributed by atoms with E-state index in [2.05, 4.69) is 0 Å². The monoisotopic (exact) mass is 329 g/mol. The molecule has 0 radical (unpaired) electrons. The Balaban J connectivity index is 1.79. The van der Waals surface area contributed by atoms with Crippen LogP contribution < -0.4 is 15.2 Å². The van der Waals surface area contributed by atoms with Crippen molar-refractivity contribution in [2.24, 2.45) is 5.73 Å². The average molecular weight is 329 g/mol. The second kappa shape index (κ2) is 7.96. The number of amidine groups is 1. The average Bonchev–Trinajstić information content (AvgIpc) is 2.56. The van der Waals surface area contributed by atoms with Crippen LogP contribution in [0.4, 0.5) is 5.69 Å². The largest absolute Gasteiger partial charge is 0.493 e. The van der Waals surface area contributed by atoms with Crippen molar-refractivity contribution in [3.05, 3.63) is 63.7 Å². The summed E-state index contributed by atoms with van der Waals surface area (Å²) in [5.74, 6) is 1.09. The van der Waals surface area contributed by atoms with Gasteiger partial charge in [-0.2, -0.15) is 0 Å². The van der Waals surface area contributed by atoms with E-state index < -0.39 is 4.92 Å². The van der Waals surface area contributed by atoms with Crippen molar-refractivity contribution in [1.82, 2.24) is 0 Å². The van der Waals surface area contributed by atoms with Gasteiger partial charge in [0.25, 0.3) is 5.69 Å². The molecule has 0 fully saturated rings. The van der Waals surface area contributed by atoms with Gasteiger partial charge in [-0.25, -0.2) is 0 Å². The lowest BCUT2D eigenvalue weighted by Crippen LogP contribution is -2.11. The number of nitro groups is 1. The topological polar surface area (TPSA) is 111 Å². The number of rotatable bonds is 8. The number of hydrogen-bond acceptors (Lipinski definition) is 5. The van der Waals surface area contributed by atoms with Gasteiger partial charge in [0.15, 0.2) is 0 Å². The minimum Gasteiger partial charge on any atom is -0.493 e. The van der Waals surface area contributed by atoms with E-state index in [9.17, 15) is 10.1 Å². The summed E-state index contributed by atoms with van der Waals surface area (Å²) >= 11 is 0. The summed E-state index contributed by atoms with van der Waals surface area (Å²) in [4.78, 5) is 10.5. The number of ether oxygens (including phenoxy) is 2. The fourth-order valence-corrected chi connectivity index (χ4v) is 2.07. The summed E-state index contributed by atoms with van der Waals surface area (Å²) < 4.78 is 11.1. The molecule has 2 aromatic rings. The molecule has 7 nitrogen and oxygen atoms in total. The van der Waals surface area contributed by atoms with E-state index in [1.807, 2.05) is 0 Å². The lowest BCUT2D eigenvalue weighted by atomic mass is 10.2. The SMILES string of the molecule is Cc1ccc(OCCCOc2cccc(C(=N)N)c2)cc1[N+](=O)[O-]. The van der Waals surface area contributed by atoms with Gasteiger partial charge in [-0.1, -0.05) is 12.1 Å². The molecule has 0 aliphatic heterocycles. The Morgan fingerprint density at radius 2 is 1.83 bits per heavy atom. The first kappa shape index (κ1) is 17.3. The number of benzene rings is 2. The molecule has 0 saturated carbocycles. The van der Waals surface area contributed by atoms with Gasteiger partial charge >= 0.3 is 0 Å². The molecule has 0 bridgehead atoms. The van der Waals surface area contributed by atoms with Crippen molar-refractivity contribution in [3.63, 3.8) is 0 Å². The van der Waals surface area contributed by atoms with Crippen molar-refractivity contribution in [2.45, 2.75) is 13.3 Å². The van der Waals surface area contributed by atoms with E-state index in [4.69, 9.17) is 20.6 Å². The number of nitro benzene ring substituents is 1. The Hall–Kier alpha value is -3.09. The second-order valence-electron chi connectivity index (χ2n) is 5.20. The van der Waals surface area contributed by atoms with E-state index in [0.717, 1.165) is 0 Å². The van der Waals surface area contributed by atoms with Crippen LogP contribution in [0.5, 0.6) is 11.5 Å². The summed E-state index contributed by atoms with van der Waals surface area (Å²) in [7, 11) is 0. The highest BCUT2D eigenvalue weighted by atomic mass is 16.6. The zero-order chi connectivity index (χ0) is 17.5. The maximum atomic E-state index is 10.9. The Morgan fingerprint density at radius 1 is 1.17 bits per heavy atom. The number of hydrogen-bond donors (Lipinski definition) is 2. The molecule has 24 heavy (non-hydrogen) atoms. The smallest absolute Gasteiger partial charge is 0.275 e. The third-order valence-electron chi connectivity index (χ3n) is 3.35. The zero-order valence-corrected chi connectivity index (χ0v) is 13.3. The van der Waals surface area contributed by atoms with Gasteiger partial charge in [0.05, 0.1) is 24.2 Å². The van der Waals surface area contributed by atoms with Crippen molar-refractivity contribution in [2.75, 3.05) is 13.2 Å². The fourth-order valence-electron chi connectivity index (χ4n) is 2.07. The van der Waals surface area contributed by atoms with Crippen LogP contribution in [0.2, 0.25) is 0 Å². The van der Waals surface area contributed by atoms with Crippen LogP contribution in [0.3, 0.4) is 0 Å². The van der Waals surface area contributed by atoms with Gasteiger partial charge in [-0.05, 0) is 31.2 Å². The Bertz CT molecular complexity index is 746. The number of aryl methyl sites for hydroxylation is 1. The van der Waals surface area contributed by atoms with Gasteiger partial charge < -0.3 is 15.2 Å². The van der Waals surface area contributed by atoms with Crippen LogP contribution in [-0.4, -0.2) is 24.0 Å². The molecule has 3 N–H and O–H groups in total. The highest BCUT2D eigenvalue weighted by molar-refractivity contribution is 5.95. The standard InChI is InChI=1S/C17H19N3O4/c1-12-6-7-15(11-16(12)20(21)22)24-9-3-8-23-14-5-2-4-13(10-14)17(18)19/h2,4-7,10-11H,3,8-9H2,1H3,(H3,18,19). The summed E-state index contributed by atoms with van der Waals surface area (Å²) in [5, 5.41) is 18.3. The molecular weight excluding hydrogens is 310 g/mol. The van der Waals surface area contributed by atoms with E-state index in [1.165, 1.54) is 6.07 Å². The summed E-state index contributed by atoms with van der Waals surface area (Å²) in [6.07, 6.45) is 0.617. The maximum Gasteiger partial charge on any atom is 0.275 e. The Kier molecular flexibility index (Phi) is 5.73. The summed E-state index contributed by atoms with van der Waals surface area (Å²) in [6, 6.07) is 11.8. The molecule has 2 aromatic carbocycles. The van der Waals surface area contributed by atoms with Crippen LogP contribution in [0.25, 0.3) is 0 Å². The van der Waals surface area contributed by atoms with Gasteiger partial charge in [0.2, 0.25) is 0 Å². The predicted molar refractivity (Wildman–Crippen MR) is 90.9 cm³/mol. The molecule has 0 saturated heterocycles. The molecule has 126 valence electrons. The molecule has 0 spiro atoms. The van der Waals surface area contributed by atoms with Gasteiger partial charge in [0, 0.05) is 17.5 Å². The van der Waals surface area contributed by atoms with Gasteiger partial charge in [0.1, 0.15) is 17.3 Å². The normalized spacial score (nSPS) is 10.2. The first-order valence-corrected chi connectivity index (χ1v) is 7.42. The molecule has 0 heterocycles.